The molecule has 0 amide bonds. The number of hydrogen-bond donors (Lipinski definition) is 1. The Balaban J connectivity index is 2.53. The molecule has 1 aromatic heterocycles. The average molecular weight is 289 g/mol. The molecule has 7 heteroatoms. The molecule has 2 rings (SSSR count). The van der Waals surface area contributed by atoms with Crippen LogP contribution in [0.4, 0.5) is 13.2 Å². The van der Waals surface area contributed by atoms with Gasteiger partial charge in [0.15, 0.2) is 0 Å². The number of benzene rings is 1. The van der Waals surface area contributed by atoms with Gasteiger partial charge in [0.2, 0.25) is 0 Å². The van der Waals surface area contributed by atoms with E-state index in [2.05, 4.69) is 9.97 Å². The first-order valence-electron chi connectivity index (χ1n) is 5.24. The summed E-state index contributed by atoms with van der Waals surface area (Å²) < 4.78 is 37.8. The Labute approximate surface area is 111 Å². The van der Waals surface area contributed by atoms with E-state index >= 15 is 0 Å². The van der Waals surface area contributed by atoms with Gasteiger partial charge in [-0.25, -0.2) is 4.98 Å². The summed E-state index contributed by atoms with van der Waals surface area (Å²) in [4.78, 5) is 17.7. The highest BCUT2D eigenvalue weighted by Gasteiger charge is 2.30. The van der Waals surface area contributed by atoms with Crippen LogP contribution in [0.1, 0.15) is 11.3 Å². The third-order valence-electron chi connectivity index (χ3n) is 2.39. The van der Waals surface area contributed by atoms with E-state index in [0.717, 1.165) is 12.1 Å². The number of H-pyrrole nitrogens is 1. The number of nitrogens with zero attached hydrogens (tertiary/aromatic N) is 1. The Morgan fingerprint density at radius 2 is 2.00 bits per heavy atom. The van der Waals surface area contributed by atoms with Crippen molar-refractivity contribution >= 4 is 11.6 Å². The van der Waals surface area contributed by atoms with Crippen LogP contribution in [-0.2, 0) is 12.1 Å². The molecule has 1 aromatic carbocycles. The molecule has 0 aliphatic rings. The van der Waals surface area contributed by atoms with Crippen molar-refractivity contribution in [2.24, 2.45) is 0 Å². The molecule has 0 atom stereocenters. The number of aromatic nitrogens is 2. The zero-order chi connectivity index (χ0) is 14.0. The molecule has 0 saturated heterocycles. The zero-order valence-corrected chi connectivity index (χ0v) is 10.2. The Hall–Kier alpha value is -1.82. The van der Waals surface area contributed by atoms with Gasteiger partial charge in [0.05, 0.1) is 17.1 Å². The fourth-order valence-corrected chi connectivity index (χ4v) is 1.69. The zero-order valence-electron chi connectivity index (χ0n) is 9.46. The maximum atomic E-state index is 12.6. The van der Waals surface area contributed by atoms with Gasteiger partial charge in [-0.05, 0) is 12.1 Å². The van der Waals surface area contributed by atoms with Crippen molar-refractivity contribution in [2.45, 2.75) is 12.1 Å². The second-order valence-electron chi connectivity index (χ2n) is 3.80. The van der Waals surface area contributed by atoms with Crippen LogP contribution in [0, 0.1) is 0 Å². The third kappa shape index (κ3) is 3.14. The van der Waals surface area contributed by atoms with Crippen molar-refractivity contribution in [1.29, 1.82) is 0 Å². The molecule has 0 saturated carbocycles. The molecule has 19 heavy (non-hydrogen) atoms. The lowest BCUT2D eigenvalue weighted by atomic mass is 10.1. The predicted molar refractivity (Wildman–Crippen MR) is 64.9 cm³/mol. The number of halogens is 4. The second-order valence-corrected chi connectivity index (χ2v) is 4.06. The molecule has 100 valence electrons. The number of alkyl halides is 4. The molecular weight excluding hydrogens is 281 g/mol. The summed E-state index contributed by atoms with van der Waals surface area (Å²) in [5.74, 6) is 0.0739. The molecule has 0 bridgehead atoms. The first kappa shape index (κ1) is 13.6. The van der Waals surface area contributed by atoms with Gasteiger partial charge >= 0.3 is 6.18 Å². The van der Waals surface area contributed by atoms with Crippen LogP contribution in [0.25, 0.3) is 11.4 Å². The minimum Gasteiger partial charge on any atom is -0.307 e. The van der Waals surface area contributed by atoms with E-state index in [1.54, 1.807) is 0 Å². The lowest BCUT2D eigenvalue weighted by molar-refractivity contribution is -0.137. The summed E-state index contributed by atoms with van der Waals surface area (Å²) in [6, 6.07) is 5.77. The van der Waals surface area contributed by atoms with Crippen LogP contribution in [0.3, 0.4) is 0 Å². The summed E-state index contributed by atoms with van der Waals surface area (Å²) in [7, 11) is 0. The van der Waals surface area contributed by atoms with Gasteiger partial charge in [0.1, 0.15) is 5.82 Å². The monoisotopic (exact) mass is 288 g/mol. The number of rotatable bonds is 2. The molecule has 0 unspecified atom stereocenters. The maximum Gasteiger partial charge on any atom is 0.416 e. The van der Waals surface area contributed by atoms with Gasteiger partial charge in [-0.3, -0.25) is 4.79 Å². The maximum absolute atomic E-state index is 12.6. The van der Waals surface area contributed by atoms with Gasteiger partial charge in [0.25, 0.3) is 5.56 Å². The second kappa shape index (κ2) is 5.05. The van der Waals surface area contributed by atoms with E-state index in [-0.39, 0.29) is 17.3 Å². The van der Waals surface area contributed by atoms with E-state index in [4.69, 9.17) is 11.6 Å². The summed E-state index contributed by atoms with van der Waals surface area (Å²) in [6.07, 6.45) is -4.44. The highest BCUT2D eigenvalue weighted by atomic mass is 35.5. The molecular formula is C12H8ClF3N2O. The standard InChI is InChI=1S/C12H8ClF3N2O/c13-6-9-5-10(19)18-11(17-9)7-2-1-3-8(4-7)12(14,15)16/h1-5H,6H2,(H,17,18,19). The lowest BCUT2D eigenvalue weighted by Gasteiger charge is -2.08. The molecule has 0 aliphatic carbocycles. The molecule has 3 nitrogen and oxygen atoms in total. The van der Waals surface area contributed by atoms with E-state index in [0.29, 0.717) is 5.69 Å². The summed E-state index contributed by atoms with van der Waals surface area (Å²) in [5, 5.41) is 0. The quantitative estimate of drug-likeness (QED) is 0.863. The van der Waals surface area contributed by atoms with Crippen LogP contribution in [0.2, 0.25) is 0 Å². The number of hydrogen-bond acceptors (Lipinski definition) is 2. The summed E-state index contributed by atoms with van der Waals surface area (Å²) >= 11 is 5.57. The molecule has 0 fully saturated rings. The van der Waals surface area contributed by atoms with Gasteiger partial charge in [0, 0.05) is 11.6 Å². The van der Waals surface area contributed by atoms with Gasteiger partial charge < -0.3 is 4.98 Å². The minimum atomic E-state index is -4.44. The Morgan fingerprint density at radius 1 is 1.26 bits per heavy atom. The van der Waals surface area contributed by atoms with Crippen LogP contribution in [0.5, 0.6) is 0 Å². The third-order valence-corrected chi connectivity index (χ3v) is 2.67. The van der Waals surface area contributed by atoms with Crippen molar-refractivity contribution in [2.75, 3.05) is 0 Å². The molecule has 2 aromatic rings. The molecule has 0 spiro atoms. The Kier molecular flexibility index (Phi) is 3.61. The summed E-state index contributed by atoms with van der Waals surface area (Å²) in [6.45, 7) is 0. The largest absolute Gasteiger partial charge is 0.416 e. The fraction of sp³-hybridized carbons (Fsp3) is 0.167. The van der Waals surface area contributed by atoms with Crippen molar-refractivity contribution in [1.82, 2.24) is 9.97 Å². The van der Waals surface area contributed by atoms with E-state index in [1.165, 1.54) is 18.2 Å². The SMILES string of the molecule is O=c1cc(CCl)nc(-c2cccc(C(F)(F)F)c2)[nH]1. The minimum absolute atomic E-state index is 0.00980. The van der Waals surface area contributed by atoms with Crippen LogP contribution in [-0.4, -0.2) is 9.97 Å². The number of aromatic amines is 1. The predicted octanol–water partition coefficient (Wildman–Crippen LogP) is 3.19. The van der Waals surface area contributed by atoms with Crippen molar-refractivity contribution in [3.05, 3.63) is 51.9 Å². The van der Waals surface area contributed by atoms with Gasteiger partial charge in [-0.1, -0.05) is 12.1 Å². The lowest BCUT2D eigenvalue weighted by Crippen LogP contribution is -2.10. The van der Waals surface area contributed by atoms with Crippen molar-refractivity contribution in [3.63, 3.8) is 0 Å². The van der Waals surface area contributed by atoms with E-state index < -0.39 is 17.3 Å². The van der Waals surface area contributed by atoms with Crippen LogP contribution in [0.15, 0.2) is 35.1 Å². The Bertz CT molecular complexity index is 652. The van der Waals surface area contributed by atoms with Crippen LogP contribution >= 0.6 is 11.6 Å². The molecule has 1 N–H and O–H groups in total. The van der Waals surface area contributed by atoms with Crippen LogP contribution < -0.4 is 5.56 Å². The normalized spacial score (nSPS) is 11.6. The Morgan fingerprint density at radius 3 is 2.63 bits per heavy atom. The average Bonchev–Trinajstić information content (AvgIpc) is 2.37. The fourth-order valence-electron chi connectivity index (χ4n) is 1.56. The highest BCUT2D eigenvalue weighted by Crippen LogP contribution is 2.31. The smallest absolute Gasteiger partial charge is 0.307 e. The van der Waals surface area contributed by atoms with Gasteiger partial charge in [-0.2, -0.15) is 13.2 Å². The van der Waals surface area contributed by atoms with Crippen molar-refractivity contribution in [3.8, 4) is 11.4 Å². The highest BCUT2D eigenvalue weighted by molar-refractivity contribution is 6.16. The van der Waals surface area contributed by atoms with Crippen molar-refractivity contribution < 1.29 is 13.2 Å². The molecule has 1 heterocycles. The first-order valence-corrected chi connectivity index (χ1v) is 5.77. The van der Waals surface area contributed by atoms with E-state index in [9.17, 15) is 18.0 Å². The first-order chi connectivity index (χ1) is 8.90. The topological polar surface area (TPSA) is 45.8 Å². The summed E-state index contributed by atoms with van der Waals surface area (Å²) in [5.41, 5.74) is -0.779. The molecule has 0 radical (unpaired) electrons. The number of nitrogens with one attached hydrogen (secondary N) is 1. The molecule has 0 aliphatic heterocycles. The van der Waals surface area contributed by atoms with Gasteiger partial charge in [-0.15, -0.1) is 11.6 Å². The van der Waals surface area contributed by atoms with E-state index in [1.807, 2.05) is 0 Å².